The average Bonchev–Trinajstić information content (AvgIpc) is 3.85. The molecule has 12 aromatic rings. The molecule has 0 fully saturated rings. The fourth-order valence-electron chi connectivity index (χ4n) is 9.91. The van der Waals surface area contributed by atoms with Gasteiger partial charge in [-0.2, -0.15) is 0 Å². The Balaban J connectivity index is 0.912. The number of aromatic nitrogens is 2. The lowest BCUT2D eigenvalue weighted by Crippen LogP contribution is -1.97. The lowest BCUT2D eigenvalue weighted by atomic mass is 9.93. The van der Waals surface area contributed by atoms with Crippen molar-refractivity contribution < 1.29 is 0 Å². The summed E-state index contributed by atoms with van der Waals surface area (Å²) in [4.78, 5) is 2.59. The highest BCUT2D eigenvalue weighted by Gasteiger charge is 2.25. The molecule has 2 nitrogen and oxygen atoms in total. The van der Waals surface area contributed by atoms with Gasteiger partial charge in [-0.25, -0.2) is 0 Å². The van der Waals surface area contributed by atoms with E-state index in [2.05, 4.69) is 228 Å². The van der Waals surface area contributed by atoms with Crippen molar-refractivity contribution in [2.45, 2.75) is 9.79 Å². The van der Waals surface area contributed by atoms with Gasteiger partial charge in [0.1, 0.15) is 0 Å². The molecule has 61 heavy (non-hydrogen) atoms. The van der Waals surface area contributed by atoms with Crippen LogP contribution in [-0.2, 0) is 0 Å². The van der Waals surface area contributed by atoms with Crippen molar-refractivity contribution in [1.29, 1.82) is 0 Å². The number of hydrogen-bond donors (Lipinski definition) is 0. The second kappa shape index (κ2) is 13.5. The molecule has 0 bridgehead atoms. The molecule has 0 saturated carbocycles. The molecule has 1 aliphatic rings. The van der Waals surface area contributed by atoms with Crippen LogP contribution in [0.3, 0.4) is 0 Å². The predicted octanol–water partition coefficient (Wildman–Crippen LogP) is 16.2. The normalized spacial score (nSPS) is 12.2. The van der Waals surface area contributed by atoms with Gasteiger partial charge in [-0.05, 0) is 117 Å². The van der Waals surface area contributed by atoms with Crippen LogP contribution in [0.1, 0.15) is 0 Å². The third-order valence-electron chi connectivity index (χ3n) is 12.7. The zero-order chi connectivity index (χ0) is 40.0. The molecule has 3 heteroatoms. The summed E-state index contributed by atoms with van der Waals surface area (Å²) in [6.07, 6.45) is 0. The van der Waals surface area contributed by atoms with Crippen LogP contribution in [0.5, 0.6) is 0 Å². The van der Waals surface area contributed by atoms with E-state index in [-0.39, 0.29) is 0 Å². The Morgan fingerprint density at radius 2 is 0.770 bits per heavy atom. The molecule has 0 saturated heterocycles. The zero-order valence-electron chi connectivity index (χ0n) is 33.1. The van der Waals surface area contributed by atoms with Crippen LogP contribution in [-0.4, -0.2) is 9.13 Å². The topological polar surface area (TPSA) is 9.86 Å². The molecule has 0 atom stereocenters. The van der Waals surface area contributed by atoms with E-state index in [0.717, 1.165) is 11.4 Å². The second-order valence-electron chi connectivity index (χ2n) is 16.1. The molecular weight excluding hydrogens is 757 g/mol. The second-order valence-corrected chi connectivity index (χ2v) is 17.2. The van der Waals surface area contributed by atoms with Crippen LogP contribution in [0.15, 0.2) is 228 Å². The minimum atomic E-state index is 1.16. The Labute approximate surface area is 357 Å². The van der Waals surface area contributed by atoms with Gasteiger partial charge < -0.3 is 9.13 Å². The van der Waals surface area contributed by atoms with Gasteiger partial charge in [0.15, 0.2) is 0 Å². The molecule has 0 N–H and O–H groups in total. The molecule has 284 valence electrons. The zero-order valence-corrected chi connectivity index (χ0v) is 33.9. The first-order chi connectivity index (χ1) is 30.2. The first-order valence-corrected chi connectivity index (χ1v) is 21.7. The Morgan fingerprint density at radius 1 is 0.262 bits per heavy atom. The minimum absolute atomic E-state index is 1.16. The van der Waals surface area contributed by atoms with Gasteiger partial charge in [-0.3, -0.25) is 0 Å². The summed E-state index contributed by atoms with van der Waals surface area (Å²) in [5.41, 5.74) is 17.1. The summed E-state index contributed by atoms with van der Waals surface area (Å²) in [6, 6.07) is 80.3. The lowest BCUT2D eigenvalue weighted by Gasteiger charge is -2.22. The van der Waals surface area contributed by atoms with Gasteiger partial charge in [-0.1, -0.05) is 163 Å². The SMILES string of the molecule is c1ccc(-c2ccc(-n3c4ccccc4c4c5cccc6c5c(cc43)-c3ccc(-c4ccc(-n5c7ccccc7c7cc(-c8ccccc8)ccc75)cc4)cc3S6)cc2)cc1. The third kappa shape index (κ3) is 5.31. The molecule has 1 aliphatic heterocycles. The van der Waals surface area contributed by atoms with Gasteiger partial charge in [0.05, 0.1) is 22.1 Å². The maximum absolute atomic E-state index is 2.46. The summed E-state index contributed by atoms with van der Waals surface area (Å²) >= 11 is 1.89. The largest absolute Gasteiger partial charge is 0.309 e. The number of para-hydroxylation sites is 2. The monoisotopic (exact) mass is 792 g/mol. The van der Waals surface area contributed by atoms with Crippen molar-refractivity contribution in [1.82, 2.24) is 9.13 Å². The third-order valence-corrected chi connectivity index (χ3v) is 13.8. The van der Waals surface area contributed by atoms with Crippen LogP contribution in [0.2, 0.25) is 0 Å². The van der Waals surface area contributed by atoms with Crippen molar-refractivity contribution in [3.63, 3.8) is 0 Å². The van der Waals surface area contributed by atoms with Crippen molar-refractivity contribution in [3.8, 4) is 55.9 Å². The van der Waals surface area contributed by atoms with Crippen molar-refractivity contribution in [2.75, 3.05) is 0 Å². The van der Waals surface area contributed by atoms with E-state index in [1.807, 2.05) is 11.8 Å². The lowest BCUT2D eigenvalue weighted by molar-refractivity contribution is 1.18. The van der Waals surface area contributed by atoms with E-state index in [4.69, 9.17) is 0 Å². The van der Waals surface area contributed by atoms with Crippen LogP contribution < -0.4 is 0 Å². The van der Waals surface area contributed by atoms with Gasteiger partial charge in [0, 0.05) is 48.1 Å². The molecule has 0 radical (unpaired) electrons. The number of hydrogen-bond acceptors (Lipinski definition) is 1. The number of fused-ring (bicyclic) bond motifs is 9. The van der Waals surface area contributed by atoms with E-state index in [0.29, 0.717) is 0 Å². The predicted molar refractivity (Wildman–Crippen MR) is 258 cm³/mol. The van der Waals surface area contributed by atoms with E-state index in [1.54, 1.807) is 0 Å². The van der Waals surface area contributed by atoms with Crippen molar-refractivity contribution in [2.24, 2.45) is 0 Å². The van der Waals surface area contributed by atoms with Gasteiger partial charge in [0.2, 0.25) is 0 Å². The van der Waals surface area contributed by atoms with E-state index in [1.165, 1.54) is 109 Å². The first-order valence-electron chi connectivity index (χ1n) is 20.9. The smallest absolute Gasteiger partial charge is 0.0553 e. The van der Waals surface area contributed by atoms with E-state index >= 15 is 0 Å². The number of benzene rings is 10. The first kappa shape index (κ1) is 34.3. The molecule has 0 aliphatic carbocycles. The molecule has 0 spiro atoms. The number of nitrogens with zero attached hydrogens (tertiary/aromatic N) is 2. The fourth-order valence-corrected chi connectivity index (χ4v) is 11.1. The average molecular weight is 793 g/mol. The molecule has 3 heterocycles. The van der Waals surface area contributed by atoms with E-state index in [9.17, 15) is 0 Å². The van der Waals surface area contributed by atoms with Crippen LogP contribution in [0.4, 0.5) is 0 Å². The highest BCUT2D eigenvalue weighted by Crippen LogP contribution is 2.52. The Bertz CT molecular complexity index is 3690. The molecule has 10 aromatic carbocycles. The maximum Gasteiger partial charge on any atom is 0.0553 e. The summed E-state index contributed by atoms with van der Waals surface area (Å²) in [5, 5.41) is 7.76. The van der Waals surface area contributed by atoms with Crippen molar-refractivity contribution >= 4 is 66.1 Å². The Hall–Kier alpha value is -7.59. The van der Waals surface area contributed by atoms with Gasteiger partial charge in [0.25, 0.3) is 0 Å². The molecule has 0 unspecified atom stereocenters. The molecule has 13 rings (SSSR count). The minimum Gasteiger partial charge on any atom is -0.309 e. The molecule has 0 amide bonds. The highest BCUT2D eigenvalue weighted by atomic mass is 32.2. The Kier molecular flexibility index (Phi) is 7.57. The number of rotatable bonds is 5. The van der Waals surface area contributed by atoms with Gasteiger partial charge in [-0.15, -0.1) is 0 Å². The summed E-state index contributed by atoms with van der Waals surface area (Å²) in [5.74, 6) is 0. The highest BCUT2D eigenvalue weighted by molar-refractivity contribution is 7.99. The summed E-state index contributed by atoms with van der Waals surface area (Å²) in [7, 11) is 0. The standard InChI is InChI=1S/C58H36N2S/c1-3-12-37(13-4-1)39-22-28-44(29-23-39)60-52-20-10-8-17-47(52)57-48-18-11-21-55-58(48)50(36-54(57)60)46-32-26-42(35-56(46)61-55)40-24-30-43(31-25-40)59-51-19-9-7-16-45(51)49-34-41(27-33-53(49)59)38-14-5-2-6-15-38/h1-36H. The summed E-state index contributed by atoms with van der Waals surface area (Å²) < 4.78 is 4.86. The maximum atomic E-state index is 2.46. The van der Waals surface area contributed by atoms with Crippen LogP contribution >= 0.6 is 11.8 Å². The van der Waals surface area contributed by atoms with Crippen molar-refractivity contribution in [3.05, 3.63) is 218 Å². The Morgan fingerprint density at radius 3 is 1.49 bits per heavy atom. The summed E-state index contributed by atoms with van der Waals surface area (Å²) in [6.45, 7) is 0. The van der Waals surface area contributed by atoms with Crippen LogP contribution in [0, 0.1) is 0 Å². The van der Waals surface area contributed by atoms with Crippen LogP contribution in [0.25, 0.3) is 110 Å². The quantitative estimate of drug-likeness (QED) is 0.169. The van der Waals surface area contributed by atoms with Gasteiger partial charge >= 0.3 is 0 Å². The fraction of sp³-hybridized carbons (Fsp3) is 0. The molecular formula is C58H36N2S. The van der Waals surface area contributed by atoms with E-state index < -0.39 is 0 Å². The molecule has 2 aromatic heterocycles.